The van der Waals surface area contributed by atoms with Crippen molar-refractivity contribution in [3.63, 3.8) is 0 Å². The molecular weight excluding hydrogens is 256 g/mol. The van der Waals surface area contributed by atoms with Gasteiger partial charge in [0.15, 0.2) is 0 Å². The molecular formula is C15H22N2O3. The van der Waals surface area contributed by atoms with Crippen LogP contribution in [0.15, 0.2) is 30.3 Å². The molecule has 1 aliphatic rings. The molecule has 0 bridgehead atoms. The summed E-state index contributed by atoms with van der Waals surface area (Å²) >= 11 is 0. The van der Waals surface area contributed by atoms with Gasteiger partial charge in [0.05, 0.1) is 18.8 Å². The first-order chi connectivity index (χ1) is 9.57. The lowest BCUT2D eigenvalue weighted by molar-refractivity contribution is -0.0213. The molecule has 0 spiro atoms. The SMILES string of the molecule is CC(O)(CNC(=O)c1ccccc1)CN1CCOCC1. The fourth-order valence-corrected chi connectivity index (χ4v) is 2.26. The molecule has 1 aromatic rings. The lowest BCUT2D eigenvalue weighted by Gasteiger charge is -2.33. The van der Waals surface area contributed by atoms with Crippen molar-refractivity contribution in [3.05, 3.63) is 35.9 Å². The van der Waals surface area contributed by atoms with E-state index in [9.17, 15) is 9.90 Å². The molecule has 5 nitrogen and oxygen atoms in total. The zero-order chi connectivity index (χ0) is 14.4. The molecule has 1 atom stereocenters. The third-order valence-electron chi connectivity index (χ3n) is 3.33. The third-order valence-corrected chi connectivity index (χ3v) is 3.33. The fraction of sp³-hybridized carbons (Fsp3) is 0.533. The number of ether oxygens (including phenoxy) is 1. The molecule has 1 heterocycles. The van der Waals surface area contributed by atoms with Gasteiger partial charge in [0, 0.05) is 31.7 Å². The second-order valence-corrected chi connectivity index (χ2v) is 5.43. The largest absolute Gasteiger partial charge is 0.387 e. The maximum Gasteiger partial charge on any atom is 0.251 e. The number of β-amino-alcohol motifs (C(OH)–C–C–N with tert-alkyl or cyclic N) is 1. The van der Waals surface area contributed by atoms with Crippen molar-refractivity contribution >= 4 is 5.91 Å². The van der Waals surface area contributed by atoms with Crippen LogP contribution in [0, 0.1) is 0 Å². The highest BCUT2D eigenvalue weighted by atomic mass is 16.5. The molecule has 1 aromatic carbocycles. The standard InChI is InChI=1S/C15H22N2O3/c1-15(19,12-17-7-9-20-10-8-17)11-16-14(18)13-5-3-2-4-6-13/h2-6,19H,7-12H2,1H3,(H,16,18). The Kier molecular flexibility index (Phi) is 5.11. The molecule has 1 amide bonds. The van der Waals surface area contributed by atoms with Crippen molar-refractivity contribution < 1.29 is 14.6 Å². The Hall–Kier alpha value is -1.43. The number of amides is 1. The normalized spacial score (nSPS) is 19.3. The summed E-state index contributed by atoms with van der Waals surface area (Å²) in [6.07, 6.45) is 0. The number of rotatable bonds is 5. The Morgan fingerprint density at radius 1 is 1.35 bits per heavy atom. The molecule has 0 aliphatic carbocycles. The summed E-state index contributed by atoms with van der Waals surface area (Å²) in [6.45, 7) is 5.56. The van der Waals surface area contributed by atoms with Crippen LogP contribution in [-0.4, -0.2) is 60.9 Å². The second kappa shape index (κ2) is 6.83. The van der Waals surface area contributed by atoms with Gasteiger partial charge in [-0.3, -0.25) is 9.69 Å². The molecule has 1 saturated heterocycles. The maximum absolute atomic E-state index is 11.9. The molecule has 2 N–H and O–H groups in total. The second-order valence-electron chi connectivity index (χ2n) is 5.43. The lowest BCUT2D eigenvalue weighted by Crippen LogP contribution is -2.51. The highest BCUT2D eigenvalue weighted by Gasteiger charge is 2.25. The van der Waals surface area contributed by atoms with E-state index in [4.69, 9.17) is 4.74 Å². The van der Waals surface area contributed by atoms with E-state index in [1.54, 1.807) is 19.1 Å². The van der Waals surface area contributed by atoms with Crippen LogP contribution in [-0.2, 0) is 4.74 Å². The van der Waals surface area contributed by atoms with E-state index in [2.05, 4.69) is 10.2 Å². The molecule has 1 unspecified atom stereocenters. The minimum absolute atomic E-state index is 0.159. The number of carbonyl (C=O) groups is 1. The molecule has 20 heavy (non-hydrogen) atoms. The summed E-state index contributed by atoms with van der Waals surface area (Å²) in [5.74, 6) is -0.159. The van der Waals surface area contributed by atoms with Gasteiger partial charge in [-0.15, -0.1) is 0 Å². The Labute approximate surface area is 119 Å². The molecule has 0 radical (unpaired) electrons. The first-order valence-electron chi connectivity index (χ1n) is 6.93. The van der Waals surface area contributed by atoms with E-state index in [1.165, 1.54) is 0 Å². The highest BCUT2D eigenvalue weighted by Crippen LogP contribution is 2.08. The van der Waals surface area contributed by atoms with Gasteiger partial charge in [0.1, 0.15) is 0 Å². The Morgan fingerprint density at radius 2 is 2.00 bits per heavy atom. The summed E-state index contributed by atoms with van der Waals surface area (Å²) < 4.78 is 5.28. The third kappa shape index (κ3) is 4.59. The molecule has 5 heteroatoms. The summed E-state index contributed by atoms with van der Waals surface area (Å²) in [6, 6.07) is 9.02. The topological polar surface area (TPSA) is 61.8 Å². The van der Waals surface area contributed by atoms with Crippen molar-refractivity contribution in [3.8, 4) is 0 Å². The predicted octanol–water partition coefficient (Wildman–Crippen LogP) is 0.500. The lowest BCUT2D eigenvalue weighted by atomic mass is 10.1. The van der Waals surface area contributed by atoms with Crippen molar-refractivity contribution in [2.75, 3.05) is 39.4 Å². The number of aliphatic hydroxyl groups is 1. The molecule has 2 rings (SSSR count). The summed E-state index contributed by atoms with van der Waals surface area (Å²) in [7, 11) is 0. The molecule has 1 fully saturated rings. The quantitative estimate of drug-likeness (QED) is 0.823. The van der Waals surface area contributed by atoms with Gasteiger partial charge >= 0.3 is 0 Å². The first kappa shape index (κ1) is 15.0. The molecule has 0 saturated carbocycles. The minimum atomic E-state index is -0.943. The smallest absolute Gasteiger partial charge is 0.251 e. The Balaban J connectivity index is 1.80. The monoisotopic (exact) mass is 278 g/mol. The van der Waals surface area contributed by atoms with Crippen molar-refractivity contribution in [1.82, 2.24) is 10.2 Å². The van der Waals surface area contributed by atoms with Crippen LogP contribution in [0.1, 0.15) is 17.3 Å². The van der Waals surface area contributed by atoms with Crippen LogP contribution in [0.25, 0.3) is 0 Å². The number of carbonyl (C=O) groups excluding carboxylic acids is 1. The molecule has 1 aliphatic heterocycles. The van der Waals surface area contributed by atoms with Crippen molar-refractivity contribution in [1.29, 1.82) is 0 Å². The number of benzene rings is 1. The van der Waals surface area contributed by atoms with E-state index in [1.807, 2.05) is 18.2 Å². The fourth-order valence-electron chi connectivity index (χ4n) is 2.26. The van der Waals surface area contributed by atoms with Crippen LogP contribution in [0.4, 0.5) is 0 Å². The van der Waals surface area contributed by atoms with E-state index in [0.717, 1.165) is 13.1 Å². The average molecular weight is 278 g/mol. The highest BCUT2D eigenvalue weighted by molar-refractivity contribution is 5.94. The predicted molar refractivity (Wildman–Crippen MR) is 76.7 cm³/mol. The summed E-state index contributed by atoms with van der Waals surface area (Å²) in [4.78, 5) is 14.1. The van der Waals surface area contributed by atoms with E-state index >= 15 is 0 Å². The van der Waals surface area contributed by atoms with Crippen LogP contribution in [0.3, 0.4) is 0 Å². The average Bonchev–Trinajstić information content (AvgIpc) is 2.46. The van der Waals surface area contributed by atoms with Gasteiger partial charge in [0.2, 0.25) is 0 Å². The van der Waals surface area contributed by atoms with Gasteiger partial charge in [-0.1, -0.05) is 18.2 Å². The van der Waals surface area contributed by atoms with Gasteiger partial charge in [-0.05, 0) is 19.1 Å². The number of hydrogen-bond acceptors (Lipinski definition) is 4. The number of nitrogens with zero attached hydrogens (tertiary/aromatic N) is 1. The molecule has 110 valence electrons. The Morgan fingerprint density at radius 3 is 2.65 bits per heavy atom. The van der Waals surface area contributed by atoms with E-state index in [0.29, 0.717) is 25.3 Å². The van der Waals surface area contributed by atoms with Gasteiger partial charge in [0.25, 0.3) is 5.91 Å². The van der Waals surface area contributed by atoms with E-state index < -0.39 is 5.60 Å². The van der Waals surface area contributed by atoms with Gasteiger partial charge in [-0.25, -0.2) is 0 Å². The molecule has 0 aromatic heterocycles. The van der Waals surface area contributed by atoms with Crippen LogP contribution in [0.2, 0.25) is 0 Å². The maximum atomic E-state index is 11.9. The zero-order valence-corrected chi connectivity index (χ0v) is 11.8. The van der Waals surface area contributed by atoms with E-state index in [-0.39, 0.29) is 12.5 Å². The number of morpholine rings is 1. The first-order valence-corrected chi connectivity index (χ1v) is 6.93. The van der Waals surface area contributed by atoms with Gasteiger partial charge in [-0.2, -0.15) is 0 Å². The zero-order valence-electron chi connectivity index (χ0n) is 11.8. The Bertz CT molecular complexity index is 428. The van der Waals surface area contributed by atoms with Crippen LogP contribution >= 0.6 is 0 Å². The van der Waals surface area contributed by atoms with Gasteiger partial charge < -0.3 is 15.2 Å². The number of hydrogen-bond donors (Lipinski definition) is 2. The summed E-state index contributed by atoms with van der Waals surface area (Å²) in [5.41, 5.74) is -0.336. The van der Waals surface area contributed by atoms with Crippen LogP contribution in [0.5, 0.6) is 0 Å². The number of nitrogens with one attached hydrogen (secondary N) is 1. The van der Waals surface area contributed by atoms with Crippen molar-refractivity contribution in [2.45, 2.75) is 12.5 Å². The minimum Gasteiger partial charge on any atom is -0.387 e. The summed E-state index contributed by atoms with van der Waals surface area (Å²) in [5, 5.41) is 13.1. The van der Waals surface area contributed by atoms with Crippen molar-refractivity contribution in [2.24, 2.45) is 0 Å². The van der Waals surface area contributed by atoms with Crippen LogP contribution < -0.4 is 5.32 Å².